The zero-order valence-corrected chi connectivity index (χ0v) is 16.4. The molecule has 1 aromatic heterocycles. The second-order valence-electron chi connectivity index (χ2n) is 6.10. The predicted octanol–water partition coefficient (Wildman–Crippen LogP) is 2.49. The first-order valence-corrected chi connectivity index (χ1v) is 10.4. The third kappa shape index (κ3) is 3.50. The van der Waals surface area contributed by atoms with Crippen molar-refractivity contribution in [2.45, 2.75) is 18.7 Å². The molecule has 28 heavy (non-hydrogen) atoms. The standard InChI is InChI=1S/C20H21N3O4S/c1-3-21-20(25)17-13-22-18-11-10-15(12-16(18)19(17)24)28(26,27)23(4-2)14-8-6-5-7-9-14/h5-13H,3-4H2,1-2H3,(H,21,25)(H,22,24). The molecule has 0 radical (unpaired) electrons. The van der Waals surface area contributed by atoms with Crippen molar-refractivity contribution in [1.29, 1.82) is 0 Å². The fourth-order valence-electron chi connectivity index (χ4n) is 3.00. The average molecular weight is 399 g/mol. The van der Waals surface area contributed by atoms with Gasteiger partial charge in [-0.15, -0.1) is 0 Å². The molecule has 0 aliphatic heterocycles. The molecule has 0 saturated carbocycles. The molecule has 2 aromatic carbocycles. The Morgan fingerprint density at radius 1 is 1.11 bits per heavy atom. The number of para-hydroxylation sites is 1. The molecule has 146 valence electrons. The Bertz CT molecular complexity index is 1170. The van der Waals surface area contributed by atoms with Gasteiger partial charge in [-0.1, -0.05) is 18.2 Å². The second-order valence-corrected chi connectivity index (χ2v) is 7.97. The van der Waals surface area contributed by atoms with Crippen LogP contribution in [-0.2, 0) is 10.0 Å². The summed E-state index contributed by atoms with van der Waals surface area (Å²) in [5, 5.41) is 2.72. The van der Waals surface area contributed by atoms with E-state index < -0.39 is 21.4 Å². The molecule has 0 saturated heterocycles. The van der Waals surface area contributed by atoms with E-state index in [4.69, 9.17) is 0 Å². The number of nitrogens with one attached hydrogen (secondary N) is 2. The average Bonchev–Trinajstić information content (AvgIpc) is 2.69. The maximum Gasteiger partial charge on any atom is 0.264 e. The molecule has 0 aliphatic carbocycles. The normalized spacial score (nSPS) is 11.4. The summed E-state index contributed by atoms with van der Waals surface area (Å²) in [6, 6.07) is 13.0. The van der Waals surface area contributed by atoms with Crippen LogP contribution < -0.4 is 15.1 Å². The van der Waals surface area contributed by atoms with Gasteiger partial charge in [-0.3, -0.25) is 13.9 Å². The minimum atomic E-state index is -3.88. The summed E-state index contributed by atoms with van der Waals surface area (Å²) in [6.45, 7) is 4.11. The maximum atomic E-state index is 13.2. The van der Waals surface area contributed by atoms with E-state index in [1.54, 1.807) is 38.1 Å². The number of carbonyl (C=O) groups is 1. The van der Waals surface area contributed by atoms with Crippen LogP contribution in [0.1, 0.15) is 24.2 Å². The number of rotatable bonds is 6. The lowest BCUT2D eigenvalue weighted by molar-refractivity contribution is 0.0954. The summed E-state index contributed by atoms with van der Waals surface area (Å²) in [7, 11) is -3.88. The van der Waals surface area contributed by atoms with Crippen molar-refractivity contribution < 1.29 is 13.2 Å². The Morgan fingerprint density at radius 2 is 1.82 bits per heavy atom. The molecule has 0 fully saturated rings. The van der Waals surface area contributed by atoms with E-state index in [0.29, 0.717) is 17.7 Å². The van der Waals surface area contributed by atoms with E-state index in [0.717, 1.165) is 0 Å². The molecule has 2 N–H and O–H groups in total. The number of anilines is 1. The Labute approximate surface area is 163 Å². The highest BCUT2D eigenvalue weighted by Gasteiger charge is 2.24. The Balaban J connectivity index is 2.14. The van der Waals surface area contributed by atoms with Gasteiger partial charge in [0, 0.05) is 30.2 Å². The van der Waals surface area contributed by atoms with Gasteiger partial charge in [0.25, 0.3) is 15.9 Å². The van der Waals surface area contributed by atoms with Crippen molar-refractivity contribution in [3.05, 3.63) is 70.5 Å². The second kappa shape index (κ2) is 7.85. The number of amides is 1. The zero-order valence-electron chi connectivity index (χ0n) is 15.6. The van der Waals surface area contributed by atoms with Crippen molar-refractivity contribution in [3.8, 4) is 0 Å². The number of aromatic nitrogens is 1. The van der Waals surface area contributed by atoms with E-state index in [9.17, 15) is 18.0 Å². The SMILES string of the molecule is CCNC(=O)c1c[nH]c2ccc(S(=O)(=O)N(CC)c3ccccc3)cc2c1=O. The van der Waals surface area contributed by atoms with Crippen LogP contribution in [-0.4, -0.2) is 32.4 Å². The van der Waals surface area contributed by atoms with Gasteiger partial charge < -0.3 is 10.3 Å². The van der Waals surface area contributed by atoms with Gasteiger partial charge in [0.05, 0.1) is 10.6 Å². The Hall–Kier alpha value is -3.13. The number of fused-ring (bicyclic) bond motifs is 1. The fourth-order valence-corrected chi connectivity index (χ4v) is 4.50. The van der Waals surface area contributed by atoms with Crippen LogP contribution in [0.25, 0.3) is 10.9 Å². The van der Waals surface area contributed by atoms with Crippen LogP contribution in [0.2, 0.25) is 0 Å². The van der Waals surface area contributed by atoms with Crippen molar-refractivity contribution in [2.75, 3.05) is 17.4 Å². The number of H-pyrrole nitrogens is 1. The molecular weight excluding hydrogens is 378 g/mol. The molecule has 1 heterocycles. The van der Waals surface area contributed by atoms with Crippen molar-refractivity contribution in [1.82, 2.24) is 10.3 Å². The molecule has 0 unspecified atom stereocenters. The Morgan fingerprint density at radius 3 is 2.46 bits per heavy atom. The summed E-state index contributed by atoms with van der Waals surface area (Å²) in [6.07, 6.45) is 1.34. The van der Waals surface area contributed by atoms with Crippen LogP contribution in [0.3, 0.4) is 0 Å². The molecule has 7 nitrogen and oxygen atoms in total. The summed E-state index contributed by atoms with van der Waals surface area (Å²) < 4.78 is 27.6. The minimum absolute atomic E-state index is 0.00995. The van der Waals surface area contributed by atoms with E-state index in [1.807, 2.05) is 6.07 Å². The number of pyridine rings is 1. The number of hydrogen-bond donors (Lipinski definition) is 2. The minimum Gasteiger partial charge on any atom is -0.360 e. The molecular formula is C20H21N3O4S. The predicted molar refractivity (Wildman–Crippen MR) is 109 cm³/mol. The summed E-state index contributed by atoms with van der Waals surface area (Å²) in [4.78, 5) is 27.7. The summed E-state index contributed by atoms with van der Waals surface area (Å²) in [5.41, 5.74) is 0.425. The molecule has 3 aromatic rings. The van der Waals surface area contributed by atoms with Gasteiger partial charge >= 0.3 is 0 Å². The van der Waals surface area contributed by atoms with Crippen molar-refractivity contribution >= 4 is 32.5 Å². The molecule has 0 bridgehead atoms. The molecule has 0 aliphatic rings. The number of sulfonamides is 1. The quantitative estimate of drug-likeness (QED) is 0.665. The first kappa shape index (κ1) is 19.6. The lowest BCUT2D eigenvalue weighted by atomic mass is 10.1. The highest BCUT2D eigenvalue weighted by Crippen LogP contribution is 2.24. The first-order chi connectivity index (χ1) is 13.4. The largest absolute Gasteiger partial charge is 0.360 e. The third-order valence-electron chi connectivity index (χ3n) is 4.35. The molecule has 8 heteroatoms. The molecule has 3 rings (SSSR count). The van der Waals surface area contributed by atoms with Crippen LogP contribution in [0, 0.1) is 0 Å². The van der Waals surface area contributed by atoms with Crippen molar-refractivity contribution in [2.24, 2.45) is 0 Å². The van der Waals surface area contributed by atoms with Crippen LogP contribution in [0.5, 0.6) is 0 Å². The van der Waals surface area contributed by atoms with Gasteiger partial charge in [0.15, 0.2) is 0 Å². The Kier molecular flexibility index (Phi) is 5.51. The van der Waals surface area contributed by atoms with Gasteiger partial charge in [0.1, 0.15) is 5.56 Å². The van der Waals surface area contributed by atoms with Crippen LogP contribution in [0.15, 0.2) is 64.4 Å². The monoisotopic (exact) mass is 399 g/mol. The lowest BCUT2D eigenvalue weighted by Gasteiger charge is -2.23. The van der Waals surface area contributed by atoms with Gasteiger partial charge in [0.2, 0.25) is 5.43 Å². The highest BCUT2D eigenvalue weighted by atomic mass is 32.2. The number of benzene rings is 2. The van der Waals surface area contributed by atoms with Crippen LogP contribution >= 0.6 is 0 Å². The van der Waals surface area contributed by atoms with Crippen molar-refractivity contribution in [3.63, 3.8) is 0 Å². The lowest BCUT2D eigenvalue weighted by Crippen LogP contribution is -2.31. The number of carbonyl (C=O) groups excluding carboxylic acids is 1. The van der Waals surface area contributed by atoms with E-state index >= 15 is 0 Å². The first-order valence-electron chi connectivity index (χ1n) is 8.91. The van der Waals surface area contributed by atoms with Gasteiger partial charge in [-0.05, 0) is 44.2 Å². The highest BCUT2D eigenvalue weighted by molar-refractivity contribution is 7.92. The van der Waals surface area contributed by atoms with E-state index in [2.05, 4.69) is 10.3 Å². The third-order valence-corrected chi connectivity index (χ3v) is 6.25. The smallest absolute Gasteiger partial charge is 0.264 e. The van der Waals surface area contributed by atoms with E-state index in [1.165, 1.54) is 28.7 Å². The van der Waals surface area contributed by atoms with Gasteiger partial charge in [-0.25, -0.2) is 8.42 Å². The summed E-state index contributed by atoms with van der Waals surface area (Å²) >= 11 is 0. The van der Waals surface area contributed by atoms with Crippen LogP contribution in [0.4, 0.5) is 5.69 Å². The van der Waals surface area contributed by atoms with Gasteiger partial charge in [-0.2, -0.15) is 0 Å². The number of nitrogens with zero attached hydrogens (tertiary/aromatic N) is 1. The zero-order chi connectivity index (χ0) is 20.3. The number of hydrogen-bond acceptors (Lipinski definition) is 4. The number of aromatic amines is 1. The fraction of sp³-hybridized carbons (Fsp3) is 0.200. The molecule has 0 atom stereocenters. The molecule has 0 spiro atoms. The molecule has 1 amide bonds. The topological polar surface area (TPSA) is 99.3 Å². The summed E-state index contributed by atoms with van der Waals surface area (Å²) in [5.74, 6) is -0.501. The van der Waals surface area contributed by atoms with E-state index in [-0.39, 0.29) is 22.4 Å². The maximum absolute atomic E-state index is 13.2.